The van der Waals surface area contributed by atoms with Gasteiger partial charge in [-0.3, -0.25) is 14.9 Å². The van der Waals surface area contributed by atoms with Crippen LogP contribution in [0.4, 0.5) is 15.8 Å². The van der Waals surface area contributed by atoms with Gasteiger partial charge in [0.05, 0.1) is 4.92 Å². The van der Waals surface area contributed by atoms with E-state index in [1.165, 1.54) is 11.6 Å². The van der Waals surface area contributed by atoms with Crippen LogP contribution < -0.4 is 10.1 Å². The quantitative estimate of drug-likeness (QED) is 0.628. The van der Waals surface area contributed by atoms with Crippen molar-refractivity contribution in [2.45, 2.75) is 26.7 Å². The van der Waals surface area contributed by atoms with Crippen LogP contribution in [0.15, 0.2) is 36.4 Å². The third kappa shape index (κ3) is 4.76. The third-order valence-electron chi connectivity index (χ3n) is 3.66. The highest BCUT2D eigenvalue weighted by Crippen LogP contribution is 2.24. The topological polar surface area (TPSA) is 81.5 Å². The Balaban J connectivity index is 1.98. The van der Waals surface area contributed by atoms with Crippen molar-refractivity contribution in [3.63, 3.8) is 0 Å². The predicted molar refractivity (Wildman–Crippen MR) is 92.4 cm³/mol. The van der Waals surface area contributed by atoms with Gasteiger partial charge in [-0.1, -0.05) is 19.9 Å². The molecule has 7 heteroatoms. The van der Waals surface area contributed by atoms with E-state index in [-0.39, 0.29) is 12.3 Å². The summed E-state index contributed by atoms with van der Waals surface area (Å²) in [6.45, 7) is 5.90. The van der Waals surface area contributed by atoms with Gasteiger partial charge < -0.3 is 10.1 Å². The molecule has 2 rings (SSSR count). The van der Waals surface area contributed by atoms with Gasteiger partial charge in [-0.15, -0.1) is 0 Å². The van der Waals surface area contributed by atoms with Gasteiger partial charge in [0.1, 0.15) is 5.75 Å². The lowest BCUT2D eigenvalue weighted by molar-refractivity contribution is -0.387. The largest absolute Gasteiger partial charge is 0.484 e. The molecule has 0 fully saturated rings. The summed E-state index contributed by atoms with van der Waals surface area (Å²) in [5, 5.41) is 13.1. The molecule has 0 radical (unpaired) electrons. The number of nitro benzene ring substituents is 1. The molecular weight excluding hydrogens is 327 g/mol. The highest BCUT2D eigenvalue weighted by Gasteiger charge is 2.15. The molecule has 25 heavy (non-hydrogen) atoms. The summed E-state index contributed by atoms with van der Waals surface area (Å²) in [6, 6.07) is 8.75. The Morgan fingerprint density at radius 1 is 1.28 bits per heavy atom. The van der Waals surface area contributed by atoms with Crippen LogP contribution in [0.3, 0.4) is 0 Å². The van der Waals surface area contributed by atoms with Gasteiger partial charge in [-0.25, -0.2) is 0 Å². The molecule has 6 nitrogen and oxygen atoms in total. The molecule has 2 aromatic carbocycles. The van der Waals surface area contributed by atoms with Gasteiger partial charge in [0.15, 0.2) is 6.61 Å². The fraction of sp³-hybridized carbons (Fsp3) is 0.278. The van der Waals surface area contributed by atoms with Crippen LogP contribution in [0.5, 0.6) is 5.75 Å². The minimum absolute atomic E-state index is 0.132. The Kier molecular flexibility index (Phi) is 5.69. The monoisotopic (exact) mass is 346 g/mol. The first-order chi connectivity index (χ1) is 11.8. The van der Waals surface area contributed by atoms with Crippen molar-refractivity contribution in [2.24, 2.45) is 0 Å². The van der Waals surface area contributed by atoms with Crippen molar-refractivity contribution in [2.75, 3.05) is 11.9 Å². The summed E-state index contributed by atoms with van der Waals surface area (Å²) in [6.07, 6.45) is 0. The average Bonchev–Trinajstić information content (AvgIpc) is 2.54. The second-order valence-electron chi connectivity index (χ2n) is 5.93. The number of hydrogen-bond acceptors (Lipinski definition) is 4. The van der Waals surface area contributed by atoms with Crippen molar-refractivity contribution in [1.29, 1.82) is 0 Å². The summed E-state index contributed by atoms with van der Waals surface area (Å²) in [5.41, 5.74) is 1.71. The molecular formula is C18H19FN2O4. The van der Waals surface area contributed by atoms with Crippen LogP contribution in [0.2, 0.25) is 0 Å². The van der Waals surface area contributed by atoms with Gasteiger partial charge in [-0.2, -0.15) is 4.39 Å². The number of rotatable bonds is 6. The number of amides is 1. The van der Waals surface area contributed by atoms with Crippen molar-refractivity contribution < 1.29 is 18.8 Å². The zero-order chi connectivity index (χ0) is 18.6. The number of benzene rings is 2. The third-order valence-corrected chi connectivity index (χ3v) is 3.66. The van der Waals surface area contributed by atoms with Crippen LogP contribution in [0, 0.1) is 22.9 Å². The molecule has 0 unspecified atom stereocenters. The lowest BCUT2D eigenvalue weighted by Gasteiger charge is -2.12. The molecule has 0 bridgehead atoms. The highest BCUT2D eigenvalue weighted by atomic mass is 19.1. The van der Waals surface area contributed by atoms with E-state index >= 15 is 0 Å². The molecule has 1 N–H and O–H groups in total. The normalized spacial score (nSPS) is 10.6. The summed E-state index contributed by atoms with van der Waals surface area (Å²) in [7, 11) is 0. The second-order valence-corrected chi connectivity index (χ2v) is 5.93. The van der Waals surface area contributed by atoms with Crippen LogP contribution in [-0.4, -0.2) is 17.4 Å². The Morgan fingerprint density at radius 2 is 2.00 bits per heavy atom. The number of aryl methyl sites for hydroxylation is 1. The molecule has 0 saturated carbocycles. The number of nitrogens with zero attached hydrogens (tertiary/aromatic N) is 1. The van der Waals surface area contributed by atoms with Crippen LogP contribution in [0.1, 0.15) is 30.9 Å². The van der Waals surface area contributed by atoms with E-state index < -0.39 is 22.3 Å². The van der Waals surface area contributed by atoms with Crippen LogP contribution in [0.25, 0.3) is 0 Å². The zero-order valence-electron chi connectivity index (χ0n) is 14.2. The van der Waals surface area contributed by atoms with Gasteiger partial charge in [-0.05, 0) is 48.2 Å². The fourth-order valence-electron chi connectivity index (χ4n) is 2.46. The van der Waals surface area contributed by atoms with Gasteiger partial charge in [0.2, 0.25) is 5.82 Å². The maximum atomic E-state index is 13.3. The molecule has 0 aliphatic rings. The smallest absolute Gasteiger partial charge is 0.306 e. The van der Waals surface area contributed by atoms with E-state index in [1.807, 2.05) is 19.1 Å². The fourth-order valence-corrected chi connectivity index (χ4v) is 2.46. The Bertz CT molecular complexity index is 806. The maximum absolute atomic E-state index is 13.3. The van der Waals surface area contributed by atoms with Crippen molar-refractivity contribution >= 4 is 17.3 Å². The number of anilines is 1. The number of ether oxygens (including phenoxy) is 1. The molecule has 0 aliphatic heterocycles. The van der Waals surface area contributed by atoms with E-state index in [0.717, 1.165) is 17.7 Å². The minimum Gasteiger partial charge on any atom is -0.484 e. The SMILES string of the molecule is Cc1cc(OCC(=O)Nc2ccc(F)c([N+](=O)[O-])c2)ccc1C(C)C. The molecule has 0 heterocycles. The lowest BCUT2D eigenvalue weighted by Crippen LogP contribution is -2.20. The first-order valence-corrected chi connectivity index (χ1v) is 7.75. The van der Waals surface area contributed by atoms with Crippen molar-refractivity contribution in [1.82, 2.24) is 0 Å². The molecule has 0 saturated heterocycles. The van der Waals surface area contributed by atoms with Crippen molar-refractivity contribution in [3.05, 3.63) is 63.5 Å². The van der Waals surface area contributed by atoms with E-state index in [9.17, 15) is 19.3 Å². The summed E-state index contributed by atoms with van der Waals surface area (Å²) < 4.78 is 18.7. The molecule has 1 amide bonds. The van der Waals surface area contributed by atoms with Crippen LogP contribution in [-0.2, 0) is 4.79 Å². The average molecular weight is 346 g/mol. The first-order valence-electron chi connectivity index (χ1n) is 7.75. The van der Waals surface area contributed by atoms with E-state index in [4.69, 9.17) is 4.74 Å². The molecule has 0 aliphatic carbocycles. The predicted octanol–water partition coefficient (Wildman–Crippen LogP) is 4.18. The van der Waals surface area contributed by atoms with Gasteiger partial charge in [0, 0.05) is 11.8 Å². The summed E-state index contributed by atoms with van der Waals surface area (Å²) >= 11 is 0. The molecule has 0 spiro atoms. The standard InChI is InChI=1S/C18H19FN2O4/c1-11(2)15-6-5-14(8-12(15)3)25-10-18(22)20-13-4-7-16(19)17(9-13)21(23)24/h4-9,11H,10H2,1-3H3,(H,20,22). The minimum atomic E-state index is -0.958. The second kappa shape index (κ2) is 7.74. The Labute approximate surface area is 144 Å². The number of carbonyl (C=O) groups excluding carboxylic acids is 1. The molecule has 132 valence electrons. The number of hydrogen-bond donors (Lipinski definition) is 1. The molecule has 0 aromatic heterocycles. The van der Waals surface area contributed by atoms with E-state index in [1.54, 1.807) is 6.07 Å². The van der Waals surface area contributed by atoms with E-state index in [2.05, 4.69) is 19.2 Å². The van der Waals surface area contributed by atoms with Crippen molar-refractivity contribution in [3.8, 4) is 5.75 Å². The zero-order valence-corrected chi connectivity index (χ0v) is 14.2. The van der Waals surface area contributed by atoms with Gasteiger partial charge >= 0.3 is 5.69 Å². The molecule has 2 aromatic rings. The number of carbonyl (C=O) groups is 1. The van der Waals surface area contributed by atoms with Gasteiger partial charge in [0.25, 0.3) is 5.91 Å². The lowest BCUT2D eigenvalue weighted by atomic mass is 9.98. The number of nitrogens with one attached hydrogen (secondary N) is 1. The highest BCUT2D eigenvalue weighted by molar-refractivity contribution is 5.92. The number of nitro groups is 1. The van der Waals surface area contributed by atoms with Crippen LogP contribution >= 0.6 is 0 Å². The number of halogens is 1. The van der Waals surface area contributed by atoms with E-state index in [0.29, 0.717) is 11.7 Å². The summed E-state index contributed by atoms with van der Waals surface area (Å²) in [4.78, 5) is 21.8. The Morgan fingerprint density at radius 3 is 2.60 bits per heavy atom. The first kappa shape index (κ1) is 18.4. The Hall–Kier alpha value is -2.96. The molecule has 0 atom stereocenters. The summed E-state index contributed by atoms with van der Waals surface area (Å²) in [5.74, 6) is -0.500. The maximum Gasteiger partial charge on any atom is 0.306 e.